The standard InChI is InChI=1S/C24H27NO4/c1-16(13-22(26)25-11-8-12-27-3)19-14-20-21(18-9-6-5-7-10-18)15-29-24(20)17(2)23(19)28-4/h5-7,9-10,13-15H,8,11-12H2,1-4H3,(H,25,26)/b16-13+. The highest BCUT2D eigenvalue weighted by Crippen LogP contribution is 2.40. The average Bonchev–Trinajstić information content (AvgIpc) is 3.16. The summed E-state index contributed by atoms with van der Waals surface area (Å²) in [6.07, 6.45) is 4.16. The lowest BCUT2D eigenvalue weighted by atomic mass is 9.96. The Balaban J connectivity index is 2.00. The molecule has 0 atom stereocenters. The van der Waals surface area contributed by atoms with Gasteiger partial charge in [-0.25, -0.2) is 0 Å². The smallest absolute Gasteiger partial charge is 0.244 e. The molecule has 0 aliphatic carbocycles. The zero-order valence-electron chi connectivity index (χ0n) is 17.4. The molecule has 29 heavy (non-hydrogen) atoms. The molecule has 5 nitrogen and oxygen atoms in total. The lowest BCUT2D eigenvalue weighted by molar-refractivity contribution is -0.116. The second kappa shape index (κ2) is 9.43. The van der Waals surface area contributed by atoms with Crippen LogP contribution >= 0.6 is 0 Å². The van der Waals surface area contributed by atoms with Gasteiger partial charge in [-0.15, -0.1) is 0 Å². The van der Waals surface area contributed by atoms with Crippen molar-refractivity contribution in [3.63, 3.8) is 0 Å². The van der Waals surface area contributed by atoms with Crippen molar-refractivity contribution in [2.45, 2.75) is 20.3 Å². The molecule has 0 aliphatic rings. The number of hydrogen-bond acceptors (Lipinski definition) is 4. The predicted octanol–water partition coefficient (Wildman–Crippen LogP) is 4.97. The first-order valence-electron chi connectivity index (χ1n) is 9.66. The minimum atomic E-state index is -0.131. The van der Waals surface area contributed by atoms with Gasteiger partial charge in [0.1, 0.15) is 11.3 Å². The molecule has 0 bridgehead atoms. The van der Waals surface area contributed by atoms with Crippen LogP contribution in [0.1, 0.15) is 24.5 Å². The van der Waals surface area contributed by atoms with Crippen LogP contribution in [0, 0.1) is 6.92 Å². The molecule has 0 spiro atoms. The topological polar surface area (TPSA) is 60.7 Å². The van der Waals surface area contributed by atoms with Crippen molar-refractivity contribution >= 4 is 22.4 Å². The highest BCUT2D eigenvalue weighted by atomic mass is 16.5. The van der Waals surface area contributed by atoms with Crippen molar-refractivity contribution in [3.8, 4) is 16.9 Å². The number of carbonyl (C=O) groups excluding carboxylic acids is 1. The summed E-state index contributed by atoms with van der Waals surface area (Å²) in [6, 6.07) is 12.1. The van der Waals surface area contributed by atoms with Crippen LogP contribution in [0.3, 0.4) is 0 Å². The Morgan fingerprint density at radius 1 is 1.21 bits per heavy atom. The quantitative estimate of drug-likeness (QED) is 0.433. The maximum absolute atomic E-state index is 12.3. The van der Waals surface area contributed by atoms with E-state index >= 15 is 0 Å². The van der Waals surface area contributed by atoms with Gasteiger partial charge in [-0.05, 0) is 37.5 Å². The summed E-state index contributed by atoms with van der Waals surface area (Å²) in [4.78, 5) is 12.3. The number of rotatable bonds is 8. The maximum atomic E-state index is 12.3. The van der Waals surface area contributed by atoms with Gasteiger partial charge >= 0.3 is 0 Å². The Morgan fingerprint density at radius 2 is 1.97 bits per heavy atom. The van der Waals surface area contributed by atoms with Crippen LogP contribution in [-0.2, 0) is 9.53 Å². The Labute approximate surface area is 171 Å². The van der Waals surface area contributed by atoms with E-state index < -0.39 is 0 Å². The van der Waals surface area contributed by atoms with Gasteiger partial charge in [0.25, 0.3) is 0 Å². The van der Waals surface area contributed by atoms with Crippen molar-refractivity contribution < 1.29 is 18.7 Å². The maximum Gasteiger partial charge on any atom is 0.244 e. The summed E-state index contributed by atoms with van der Waals surface area (Å²) in [5.41, 5.74) is 5.51. The minimum Gasteiger partial charge on any atom is -0.496 e. The molecule has 0 fully saturated rings. The second-order valence-electron chi connectivity index (χ2n) is 6.94. The number of allylic oxidation sites excluding steroid dienone is 1. The fraction of sp³-hybridized carbons (Fsp3) is 0.292. The van der Waals surface area contributed by atoms with E-state index in [9.17, 15) is 4.79 Å². The van der Waals surface area contributed by atoms with Crippen LogP contribution in [0.15, 0.2) is 53.2 Å². The Kier molecular flexibility index (Phi) is 6.73. The van der Waals surface area contributed by atoms with Crippen LogP contribution in [0.2, 0.25) is 0 Å². The largest absolute Gasteiger partial charge is 0.496 e. The fourth-order valence-electron chi connectivity index (χ4n) is 3.47. The summed E-state index contributed by atoms with van der Waals surface area (Å²) >= 11 is 0. The van der Waals surface area contributed by atoms with Gasteiger partial charge in [0.15, 0.2) is 0 Å². The molecular weight excluding hydrogens is 366 g/mol. The van der Waals surface area contributed by atoms with E-state index in [0.29, 0.717) is 18.9 Å². The number of methoxy groups -OCH3 is 2. The Hall–Kier alpha value is -3.05. The second-order valence-corrected chi connectivity index (χ2v) is 6.94. The van der Waals surface area contributed by atoms with E-state index in [1.165, 1.54) is 0 Å². The van der Waals surface area contributed by atoms with Gasteiger partial charge in [-0.1, -0.05) is 30.3 Å². The molecule has 1 aromatic heterocycles. The van der Waals surface area contributed by atoms with E-state index in [1.54, 1.807) is 26.6 Å². The zero-order valence-corrected chi connectivity index (χ0v) is 17.4. The summed E-state index contributed by atoms with van der Waals surface area (Å²) < 4.78 is 16.6. The SMILES string of the molecule is COCCCNC(=O)/C=C(\C)c1cc2c(-c3ccccc3)coc2c(C)c1OC. The van der Waals surface area contributed by atoms with Crippen LogP contribution in [0.25, 0.3) is 27.7 Å². The summed E-state index contributed by atoms with van der Waals surface area (Å²) in [5.74, 6) is 0.585. The molecule has 152 valence electrons. The van der Waals surface area contributed by atoms with E-state index in [2.05, 4.69) is 17.4 Å². The van der Waals surface area contributed by atoms with Crippen LogP contribution < -0.4 is 10.1 Å². The van der Waals surface area contributed by atoms with Crippen molar-refractivity contribution in [2.75, 3.05) is 27.4 Å². The first-order valence-corrected chi connectivity index (χ1v) is 9.66. The van der Waals surface area contributed by atoms with Gasteiger partial charge < -0.3 is 19.2 Å². The number of hydrogen-bond donors (Lipinski definition) is 1. The van der Waals surface area contributed by atoms with Gasteiger partial charge in [0, 0.05) is 48.4 Å². The summed E-state index contributed by atoms with van der Waals surface area (Å²) in [7, 11) is 3.28. The highest BCUT2D eigenvalue weighted by Gasteiger charge is 2.18. The van der Waals surface area contributed by atoms with Crippen LogP contribution in [-0.4, -0.2) is 33.3 Å². The molecule has 0 radical (unpaired) electrons. The molecule has 1 amide bonds. The van der Waals surface area contributed by atoms with Crippen molar-refractivity contribution in [3.05, 3.63) is 59.9 Å². The molecule has 1 heterocycles. The fourth-order valence-corrected chi connectivity index (χ4v) is 3.47. The molecular formula is C24H27NO4. The number of ether oxygens (including phenoxy) is 2. The monoisotopic (exact) mass is 393 g/mol. The molecule has 2 aromatic carbocycles. The molecule has 0 unspecified atom stereocenters. The Morgan fingerprint density at radius 3 is 2.66 bits per heavy atom. The number of benzene rings is 2. The Bertz CT molecular complexity index is 1020. The number of carbonyl (C=O) groups is 1. The van der Waals surface area contributed by atoms with Gasteiger partial charge in [-0.2, -0.15) is 0 Å². The molecule has 0 saturated heterocycles. The lowest BCUT2D eigenvalue weighted by Gasteiger charge is -2.13. The summed E-state index contributed by atoms with van der Waals surface area (Å²) in [6.45, 7) is 5.09. The van der Waals surface area contributed by atoms with Crippen molar-refractivity contribution in [1.82, 2.24) is 5.32 Å². The third-order valence-corrected chi connectivity index (χ3v) is 4.93. The highest BCUT2D eigenvalue weighted by molar-refractivity contribution is 6.01. The average molecular weight is 393 g/mol. The molecule has 1 N–H and O–H groups in total. The predicted molar refractivity (Wildman–Crippen MR) is 116 cm³/mol. The lowest BCUT2D eigenvalue weighted by Crippen LogP contribution is -2.23. The number of furan rings is 1. The zero-order chi connectivity index (χ0) is 20.8. The van der Waals surface area contributed by atoms with Crippen molar-refractivity contribution in [2.24, 2.45) is 0 Å². The van der Waals surface area contributed by atoms with E-state index in [0.717, 1.165) is 45.2 Å². The third-order valence-electron chi connectivity index (χ3n) is 4.93. The van der Waals surface area contributed by atoms with E-state index in [4.69, 9.17) is 13.9 Å². The third kappa shape index (κ3) is 4.51. The van der Waals surface area contributed by atoms with Gasteiger partial charge in [0.2, 0.25) is 5.91 Å². The van der Waals surface area contributed by atoms with Gasteiger partial charge in [-0.3, -0.25) is 4.79 Å². The van der Waals surface area contributed by atoms with Crippen molar-refractivity contribution in [1.29, 1.82) is 0 Å². The molecule has 5 heteroatoms. The molecule has 3 aromatic rings. The first kappa shape index (κ1) is 20.7. The number of amides is 1. The molecule has 0 aliphatic heterocycles. The normalized spacial score (nSPS) is 11.7. The van der Waals surface area contributed by atoms with E-state index in [1.807, 2.05) is 38.1 Å². The molecule has 0 saturated carbocycles. The number of nitrogens with one attached hydrogen (secondary N) is 1. The van der Waals surface area contributed by atoms with Crippen LogP contribution in [0.5, 0.6) is 5.75 Å². The van der Waals surface area contributed by atoms with Gasteiger partial charge in [0.05, 0.1) is 13.4 Å². The number of aryl methyl sites for hydroxylation is 1. The minimum absolute atomic E-state index is 0.131. The molecule has 3 rings (SSSR count). The number of fused-ring (bicyclic) bond motifs is 1. The summed E-state index contributed by atoms with van der Waals surface area (Å²) in [5, 5.41) is 3.88. The van der Waals surface area contributed by atoms with E-state index in [-0.39, 0.29) is 5.91 Å². The van der Waals surface area contributed by atoms with Crippen LogP contribution in [0.4, 0.5) is 0 Å². The first-order chi connectivity index (χ1) is 14.1.